The van der Waals surface area contributed by atoms with Gasteiger partial charge in [-0.1, -0.05) is 48.0 Å². The molecule has 0 spiro atoms. The number of rotatable bonds is 7. The number of piperidine rings is 1. The van der Waals surface area contributed by atoms with E-state index in [1.165, 1.54) is 7.11 Å². The summed E-state index contributed by atoms with van der Waals surface area (Å²) < 4.78 is 11.2. The molecule has 1 aliphatic rings. The van der Waals surface area contributed by atoms with Crippen molar-refractivity contribution in [2.24, 2.45) is 5.92 Å². The second-order valence-corrected chi connectivity index (χ2v) is 10.7. The van der Waals surface area contributed by atoms with Gasteiger partial charge >= 0.3 is 5.97 Å². The number of aromatic nitrogens is 2. The Kier molecular flexibility index (Phi) is 7.63. The number of aromatic amines is 1. The van der Waals surface area contributed by atoms with Crippen LogP contribution in [-0.2, 0) is 4.74 Å². The van der Waals surface area contributed by atoms with Crippen LogP contribution in [0.4, 0.5) is 5.69 Å². The first-order chi connectivity index (χ1) is 20.0. The summed E-state index contributed by atoms with van der Waals surface area (Å²) >= 11 is 6.10. The van der Waals surface area contributed by atoms with Crippen molar-refractivity contribution in [2.45, 2.75) is 18.9 Å². The third-order valence-electron chi connectivity index (χ3n) is 7.76. The Balaban J connectivity index is 1.19. The van der Waals surface area contributed by atoms with E-state index in [1.54, 1.807) is 12.3 Å². The normalized spacial score (nSPS) is 14.7. The number of aliphatic hydroxyl groups excluding tert-OH is 1. The van der Waals surface area contributed by atoms with Gasteiger partial charge in [-0.05, 0) is 71.8 Å². The molecule has 1 saturated heterocycles. The molecular formula is C33H30ClN3O4. The number of methoxy groups -OCH3 is 1. The van der Waals surface area contributed by atoms with Gasteiger partial charge in [0.05, 0.1) is 19.4 Å². The highest BCUT2D eigenvalue weighted by molar-refractivity contribution is 6.30. The summed E-state index contributed by atoms with van der Waals surface area (Å²) in [5.41, 5.74) is 5.03. The van der Waals surface area contributed by atoms with Crippen LogP contribution in [0.5, 0.6) is 11.5 Å². The van der Waals surface area contributed by atoms with Gasteiger partial charge in [-0.3, -0.25) is 0 Å². The maximum Gasteiger partial charge on any atom is 0.341 e. The van der Waals surface area contributed by atoms with E-state index >= 15 is 0 Å². The summed E-state index contributed by atoms with van der Waals surface area (Å²) in [4.78, 5) is 22.2. The average Bonchev–Trinajstić information content (AvgIpc) is 3.49. The van der Waals surface area contributed by atoms with Crippen LogP contribution in [0.3, 0.4) is 0 Å². The van der Waals surface area contributed by atoms with Crippen molar-refractivity contribution in [3.63, 3.8) is 0 Å². The van der Waals surface area contributed by atoms with E-state index in [2.05, 4.69) is 14.9 Å². The Morgan fingerprint density at radius 1 is 1.05 bits per heavy atom. The van der Waals surface area contributed by atoms with E-state index in [1.807, 2.05) is 79.0 Å². The quantitative estimate of drug-likeness (QED) is 0.199. The number of benzene rings is 3. The highest BCUT2D eigenvalue weighted by Crippen LogP contribution is 2.38. The summed E-state index contributed by atoms with van der Waals surface area (Å²) in [7, 11) is 1.36. The van der Waals surface area contributed by atoms with Crippen molar-refractivity contribution in [1.29, 1.82) is 0 Å². The zero-order valence-electron chi connectivity index (χ0n) is 22.6. The van der Waals surface area contributed by atoms with Crippen molar-refractivity contribution in [2.75, 3.05) is 25.1 Å². The summed E-state index contributed by atoms with van der Waals surface area (Å²) in [6, 6.07) is 25.1. The zero-order chi connectivity index (χ0) is 28.3. The van der Waals surface area contributed by atoms with E-state index in [0.717, 1.165) is 59.3 Å². The number of aliphatic hydroxyl groups is 1. The van der Waals surface area contributed by atoms with Gasteiger partial charge in [0.2, 0.25) is 0 Å². The molecule has 41 heavy (non-hydrogen) atoms. The molecule has 1 aliphatic heterocycles. The fourth-order valence-corrected chi connectivity index (χ4v) is 5.67. The number of nitrogens with zero attached hydrogens (tertiary/aromatic N) is 2. The van der Waals surface area contributed by atoms with Gasteiger partial charge in [0.25, 0.3) is 0 Å². The van der Waals surface area contributed by atoms with E-state index in [-0.39, 0.29) is 5.92 Å². The zero-order valence-corrected chi connectivity index (χ0v) is 23.3. The summed E-state index contributed by atoms with van der Waals surface area (Å²) in [5, 5.41) is 13.1. The molecule has 0 aliphatic carbocycles. The maximum absolute atomic E-state index is 12.5. The second kappa shape index (κ2) is 11.6. The van der Waals surface area contributed by atoms with Crippen molar-refractivity contribution >= 4 is 34.3 Å². The first-order valence-electron chi connectivity index (χ1n) is 13.6. The van der Waals surface area contributed by atoms with E-state index in [4.69, 9.17) is 21.1 Å². The van der Waals surface area contributed by atoms with Crippen LogP contribution in [-0.4, -0.2) is 41.2 Å². The minimum Gasteiger partial charge on any atom is -0.465 e. The van der Waals surface area contributed by atoms with E-state index < -0.39 is 12.1 Å². The third-order valence-corrected chi connectivity index (χ3v) is 8.01. The van der Waals surface area contributed by atoms with Gasteiger partial charge in [0, 0.05) is 41.4 Å². The lowest BCUT2D eigenvalue weighted by atomic mass is 9.84. The highest BCUT2D eigenvalue weighted by Gasteiger charge is 2.28. The van der Waals surface area contributed by atoms with E-state index in [9.17, 15) is 9.90 Å². The van der Waals surface area contributed by atoms with Crippen LogP contribution < -0.4 is 9.64 Å². The van der Waals surface area contributed by atoms with Crippen molar-refractivity contribution in [1.82, 2.24) is 9.97 Å². The fourth-order valence-electron chi connectivity index (χ4n) is 5.55. The number of anilines is 1. The molecule has 3 aromatic carbocycles. The molecule has 208 valence electrons. The summed E-state index contributed by atoms with van der Waals surface area (Å²) in [5.74, 6) is 0.581. The number of nitrogens with one attached hydrogen (secondary N) is 1. The molecule has 0 amide bonds. The SMILES string of the molecule is COC(=O)c1ccc(N2CCC(C(O)c3ccccc3-c3ccc(Cl)cc3)CC2)cc1Oc1cnc2[nH]ccc2c1. The van der Waals surface area contributed by atoms with Crippen LogP contribution in [0.2, 0.25) is 5.02 Å². The molecule has 8 heteroatoms. The number of pyridine rings is 1. The smallest absolute Gasteiger partial charge is 0.341 e. The van der Waals surface area contributed by atoms with Gasteiger partial charge < -0.3 is 24.5 Å². The minimum atomic E-state index is -0.583. The fraction of sp³-hybridized carbons (Fsp3) is 0.212. The lowest BCUT2D eigenvalue weighted by molar-refractivity contribution is 0.0598. The Bertz CT molecular complexity index is 1680. The van der Waals surface area contributed by atoms with Gasteiger partial charge in [0.1, 0.15) is 22.7 Å². The number of fused-ring (bicyclic) bond motifs is 1. The molecule has 0 bridgehead atoms. The van der Waals surface area contributed by atoms with Crippen LogP contribution in [0.15, 0.2) is 91.3 Å². The first kappa shape index (κ1) is 26.9. The molecule has 1 atom stereocenters. The molecule has 2 aromatic heterocycles. The van der Waals surface area contributed by atoms with Crippen molar-refractivity contribution in [3.05, 3.63) is 107 Å². The molecule has 0 radical (unpaired) electrons. The molecule has 3 heterocycles. The van der Waals surface area contributed by atoms with Crippen LogP contribution in [0.1, 0.15) is 34.9 Å². The summed E-state index contributed by atoms with van der Waals surface area (Å²) in [6.45, 7) is 1.53. The maximum atomic E-state index is 12.5. The predicted molar refractivity (Wildman–Crippen MR) is 161 cm³/mol. The minimum absolute atomic E-state index is 0.115. The number of halogens is 1. The second-order valence-electron chi connectivity index (χ2n) is 10.2. The first-order valence-corrected chi connectivity index (χ1v) is 14.0. The number of ether oxygens (including phenoxy) is 2. The van der Waals surface area contributed by atoms with Gasteiger partial charge in [-0.2, -0.15) is 0 Å². The topological polar surface area (TPSA) is 87.7 Å². The molecule has 1 unspecified atom stereocenters. The van der Waals surface area contributed by atoms with Crippen LogP contribution >= 0.6 is 11.6 Å². The Morgan fingerprint density at radius 2 is 1.83 bits per heavy atom. The standard InChI is InChI=1S/C33H30ClN3O4/c1-40-33(39)29-11-10-25(19-30(29)41-26-18-23-12-15-35-32(23)36-20-26)37-16-13-22(14-17-37)31(38)28-5-3-2-4-27(28)21-6-8-24(34)9-7-21/h2-12,15,18-20,22,31,38H,13-14,16-17H2,1H3,(H,35,36). The molecule has 1 fully saturated rings. The molecule has 5 aromatic rings. The van der Waals surface area contributed by atoms with Gasteiger partial charge in [-0.25, -0.2) is 9.78 Å². The number of hydrogen-bond acceptors (Lipinski definition) is 6. The highest BCUT2D eigenvalue weighted by atomic mass is 35.5. The molecule has 7 nitrogen and oxygen atoms in total. The summed E-state index contributed by atoms with van der Waals surface area (Å²) in [6.07, 6.45) is 4.50. The molecule has 2 N–H and O–H groups in total. The number of H-pyrrole nitrogens is 1. The van der Waals surface area contributed by atoms with E-state index in [0.29, 0.717) is 22.1 Å². The van der Waals surface area contributed by atoms with Gasteiger partial charge in [-0.15, -0.1) is 0 Å². The number of carbonyl (C=O) groups is 1. The Morgan fingerprint density at radius 3 is 2.61 bits per heavy atom. The lowest BCUT2D eigenvalue weighted by Gasteiger charge is -2.36. The average molecular weight is 568 g/mol. The Hall–Kier alpha value is -4.33. The molecule has 0 saturated carbocycles. The van der Waals surface area contributed by atoms with Gasteiger partial charge in [0.15, 0.2) is 0 Å². The lowest BCUT2D eigenvalue weighted by Crippen LogP contribution is -2.35. The third kappa shape index (κ3) is 5.64. The number of esters is 1. The van der Waals surface area contributed by atoms with Crippen molar-refractivity contribution < 1.29 is 19.4 Å². The van der Waals surface area contributed by atoms with Crippen LogP contribution in [0, 0.1) is 5.92 Å². The largest absolute Gasteiger partial charge is 0.465 e. The number of hydrogen-bond donors (Lipinski definition) is 2. The number of carbonyl (C=O) groups excluding carboxylic acids is 1. The molecular weight excluding hydrogens is 538 g/mol. The molecule has 6 rings (SSSR count). The van der Waals surface area contributed by atoms with Crippen molar-refractivity contribution in [3.8, 4) is 22.6 Å². The van der Waals surface area contributed by atoms with Crippen LogP contribution in [0.25, 0.3) is 22.2 Å². The Labute approximate surface area is 243 Å². The predicted octanol–water partition coefficient (Wildman–Crippen LogP) is 7.41. The monoisotopic (exact) mass is 567 g/mol.